The molecule has 0 fully saturated rings. The van der Waals surface area contributed by atoms with Crippen LogP contribution < -0.4 is 0 Å². The van der Waals surface area contributed by atoms with Gasteiger partial charge in [0.15, 0.2) is 0 Å². The van der Waals surface area contributed by atoms with Gasteiger partial charge in [-0.15, -0.1) is 18.1 Å². The molecule has 0 saturated heterocycles. The second-order valence-corrected chi connectivity index (χ2v) is 3.32. The summed E-state index contributed by atoms with van der Waals surface area (Å²) in [5, 5.41) is 0. The van der Waals surface area contributed by atoms with Crippen LogP contribution in [0.1, 0.15) is 16.8 Å². The van der Waals surface area contributed by atoms with E-state index in [-0.39, 0.29) is 19.5 Å². The maximum absolute atomic E-state index is 3.19. The van der Waals surface area contributed by atoms with E-state index in [2.05, 4.69) is 38.1 Å². The zero-order valence-corrected chi connectivity index (χ0v) is 11.3. The van der Waals surface area contributed by atoms with E-state index in [0.717, 1.165) is 0 Å². The first-order valence-electron chi connectivity index (χ1n) is 4.64. The molecule has 0 aliphatic rings. The van der Waals surface area contributed by atoms with Gasteiger partial charge >= 0.3 is 19.5 Å². The van der Waals surface area contributed by atoms with Gasteiger partial charge in [-0.05, 0) is 7.05 Å². The van der Waals surface area contributed by atoms with Crippen LogP contribution in [0.2, 0.25) is 0 Å². The molecule has 0 radical (unpaired) electrons. The summed E-state index contributed by atoms with van der Waals surface area (Å²) in [6.07, 6.45) is 7.75. The maximum Gasteiger partial charge on any atom is 2.00 e. The van der Waals surface area contributed by atoms with Gasteiger partial charge in [-0.25, -0.2) is 0 Å². The van der Waals surface area contributed by atoms with Crippen molar-refractivity contribution in [2.75, 3.05) is 0 Å². The fourth-order valence-corrected chi connectivity index (χ4v) is 1.18. The van der Waals surface area contributed by atoms with Crippen molar-refractivity contribution in [2.45, 2.75) is 20.8 Å². The van der Waals surface area contributed by atoms with E-state index in [9.17, 15) is 0 Å². The molecule has 0 spiro atoms. The Morgan fingerprint density at radius 2 is 1.93 bits per heavy atom. The largest absolute Gasteiger partial charge is 2.00 e. The molecule has 2 aromatic rings. The second-order valence-electron chi connectivity index (χ2n) is 3.32. The Morgan fingerprint density at radius 1 is 1.27 bits per heavy atom. The van der Waals surface area contributed by atoms with Crippen LogP contribution in [0.4, 0.5) is 0 Å². The molecular weight excluding hydrogens is 273 g/mol. The molecule has 2 aromatic heterocycles. The van der Waals surface area contributed by atoms with Crippen LogP contribution in [-0.2, 0) is 26.5 Å². The number of rotatable bonds is 0. The molecule has 2 heterocycles. The van der Waals surface area contributed by atoms with Gasteiger partial charge in [0.25, 0.3) is 0 Å². The minimum Gasteiger partial charge on any atom is -0.484 e. The third-order valence-electron chi connectivity index (χ3n) is 2.39. The number of hydrogen-bond donors (Lipinski definition) is 1. The maximum atomic E-state index is 3.19. The SMILES string of the molecule is Cc1[c-]n(C)c(C)c1C.[Ru+2].[c-]1ccc[nH]1. The van der Waals surface area contributed by atoms with Gasteiger partial charge in [0.2, 0.25) is 0 Å². The zero-order chi connectivity index (χ0) is 10.6. The number of nitrogens with zero attached hydrogens (tertiary/aromatic N) is 1. The third-order valence-corrected chi connectivity index (χ3v) is 2.39. The van der Waals surface area contributed by atoms with E-state index in [4.69, 9.17) is 0 Å². The van der Waals surface area contributed by atoms with Crippen LogP contribution >= 0.6 is 0 Å². The number of H-pyrrole nitrogens is 1. The van der Waals surface area contributed by atoms with E-state index in [1.807, 2.05) is 29.9 Å². The summed E-state index contributed by atoms with van der Waals surface area (Å²) in [6, 6.07) is 3.71. The fourth-order valence-electron chi connectivity index (χ4n) is 1.18. The summed E-state index contributed by atoms with van der Waals surface area (Å²) in [5.74, 6) is 0. The molecule has 82 valence electrons. The van der Waals surface area contributed by atoms with Crippen molar-refractivity contribution < 1.29 is 19.5 Å². The molecule has 2 rings (SSSR count). The summed E-state index contributed by atoms with van der Waals surface area (Å²) >= 11 is 0. The Kier molecular flexibility index (Phi) is 6.27. The van der Waals surface area contributed by atoms with Gasteiger partial charge in [0.05, 0.1) is 0 Å². The van der Waals surface area contributed by atoms with Crippen LogP contribution in [0.3, 0.4) is 0 Å². The Morgan fingerprint density at radius 3 is 2.07 bits per heavy atom. The molecule has 0 unspecified atom stereocenters. The first-order chi connectivity index (χ1) is 6.63. The Labute approximate surface area is 104 Å². The molecule has 0 aliphatic heterocycles. The van der Waals surface area contributed by atoms with Crippen molar-refractivity contribution >= 4 is 0 Å². The minimum absolute atomic E-state index is 0. The fraction of sp³-hybridized carbons (Fsp3) is 0.333. The Balaban J connectivity index is 0.000000280. The predicted octanol–water partition coefficient (Wildman–Crippen LogP) is 2.56. The van der Waals surface area contributed by atoms with Gasteiger partial charge in [0, 0.05) is 0 Å². The zero-order valence-electron chi connectivity index (χ0n) is 9.53. The predicted molar refractivity (Wildman–Crippen MR) is 58.1 cm³/mol. The second kappa shape index (κ2) is 6.63. The number of nitrogens with one attached hydrogen (secondary N) is 1. The quantitative estimate of drug-likeness (QED) is 0.568. The normalized spacial score (nSPS) is 8.80. The minimum atomic E-state index is 0. The van der Waals surface area contributed by atoms with Gasteiger partial charge in [-0.1, -0.05) is 20.8 Å². The molecule has 0 aliphatic carbocycles. The Hall–Kier alpha value is -0.817. The van der Waals surface area contributed by atoms with Crippen molar-refractivity contribution in [1.82, 2.24) is 9.55 Å². The van der Waals surface area contributed by atoms with Crippen LogP contribution in [0.15, 0.2) is 18.3 Å². The molecule has 0 bridgehead atoms. The van der Waals surface area contributed by atoms with Gasteiger partial charge in [0.1, 0.15) is 0 Å². The molecule has 0 aromatic carbocycles. The van der Waals surface area contributed by atoms with Gasteiger partial charge in [-0.2, -0.15) is 29.5 Å². The molecular formula is C12H16N2Ru. The molecule has 0 amide bonds. The Bertz CT molecular complexity index is 335. The van der Waals surface area contributed by atoms with Gasteiger partial charge in [-0.3, -0.25) is 0 Å². The standard InChI is InChI=1S/C8H12N.C4H4N.Ru/c1-6-5-9(4)8(3)7(6)2;1-2-4-5-3-1;/h1-4H3;1-3,5H;/q2*-1;+2. The van der Waals surface area contributed by atoms with Crippen molar-refractivity contribution in [3.63, 3.8) is 0 Å². The molecule has 2 nitrogen and oxygen atoms in total. The van der Waals surface area contributed by atoms with Crippen molar-refractivity contribution in [3.8, 4) is 0 Å². The van der Waals surface area contributed by atoms with Crippen molar-refractivity contribution in [3.05, 3.63) is 47.5 Å². The molecule has 1 N–H and O–H groups in total. The first-order valence-corrected chi connectivity index (χ1v) is 4.64. The van der Waals surface area contributed by atoms with Crippen LogP contribution in [0, 0.1) is 33.2 Å². The van der Waals surface area contributed by atoms with E-state index in [1.54, 1.807) is 0 Å². The molecule has 3 heteroatoms. The molecule has 15 heavy (non-hydrogen) atoms. The average Bonchev–Trinajstić information content (AvgIpc) is 2.78. The van der Waals surface area contributed by atoms with Crippen LogP contribution in [0.25, 0.3) is 0 Å². The summed E-state index contributed by atoms with van der Waals surface area (Å²) in [7, 11) is 2.02. The van der Waals surface area contributed by atoms with E-state index in [0.29, 0.717) is 0 Å². The number of aryl methyl sites for hydroxylation is 2. The smallest absolute Gasteiger partial charge is 0.484 e. The summed E-state index contributed by atoms with van der Waals surface area (Å²) in [6.45, 7) is 6.32. The topological polar surface area (TPSA) is 20.7 Å². The summed E-state index contributed by atoms with van der Waals surface area (Å²) in [4.78, 5) is 2.74. The van der Waals surface area contributed by atoms with Crippen LogP contribution in [0.5, 0.6) is 0 Å². The number of aromatic nitrogens is 2. The number of hydrogen-bond acceptors (Lipinski definition) is 0. The third kappa shape index (κ3) is 4.05. The van der Waals surface area contributed by atoms with E-state index < -0.39 is 0 Å². The van der Waals surface area contributed by atoms with Crippen LogP contribution in [-0.4, -0.2) is 9.55 Å². The van der Waals surface area contributed by atoms with Crippen molar-refractivity contribution in [1.29, 1.82) is 0 Å². The summed E-state index contributed by atoms with van der Waals surface area (Å²) < 4.78 is 2.03. The summed E-state index contributed by atoms with van der Waals surface area (Å²) in [5.41, 5.74) is 3.93. The molecule has 0 saturated carbocycles. The van der Waals surface area contributed by atoms with Crippen molar-refractivity contribution in [2.24, 2.45) is 7.05 Å². The van der Waals surface area contributed by atoms with E-state index >= 15 is 0 Å². The monoisotopic (exact) mass is 290 g/mol. The average molecular weight is 289 g/mol. The van der Waals surface area contributed by atoms with E-state index in [1.165, 1.54) is 16.8 Å². The molecule has 0 atom stereocenters. The number of aromatic amines is 1. The first kappa shape index (κ1) is 14.2. The van der Waals surface area contributed by atoms with Gasteiger partial charge < -0.3 is 9.55 Å².